The first kappa shape index (κ1) is 5.79. The number of allylic oxidation sites excluding steroid dienone is 1. The third-order valence-electron chi connectivity index (χ3n) is 1.44. The van der Waals surface area contributed by atoms with Crippen molar-refractivity contribution >= 4 is 0 Å². The van der Waals surface area contributed by atoms with Crippen molar-refractivity contribution in [3.05, 3.63) is 12.2 Å². The molecule has 0 aromatic heterocycles. The molecule has 0 aromatic carbocycles. The van der Waals surface area contributed by atoms with Crippen molar-refractivity contribution in [2.75, 3.05) is 0 Å². The lowest BCUT2D eigenvalue weighted by atomic mass is 9.97. The Hall–Kier alpha value is -0.340. The Bertz CT molecular complexity index is 105. The van der Waals surface area contributed by atoms with E-state index in [0.717, 1.165) is 19.3 Å². The van der Waals surface area contributed by atoms with Gasteiger partial charge in [-0.1, -0.05) is 12.2 Å². The van der Waals surface area contributed by atoms with Gasteiger partial charge >= 0.3 is 0 Å². The molecule has 0 aromatic rings. The van der Waals surface area contributed by atoms with Gasteiger partial charge in [-0.05, 0) is 19.3 Å². The van der Waals surface area contributed by atoms with Gasteiger partial charge in [-0.3, -0.25) is 0 Å². The molecule has 0 radical (unpaired) electrons. The van der Waals surface area contributed by atoms with Gasteiger partial charge in [0, 0.05) is 0 Å². The van der Waals surface area contributed by atoms with E-state index < -0.39 is 5.66 Å². The minimum atomic E-state index is -0.408. The van der Waals surface area contributed by atoms with Crippen molar-refractivity contribution in [2.24, 2.45) is 11.5 Å². The van der Waals surface area contributed by atoms with Crippen LogP contribution in [0.3, 0.4) is 0 Å². The normalized spacial score (nSPS) is 25.8. The lowest BCUT2D eigenvalue weighted by Gasteiger charge is -2.24. The van der Waals surface area contributed by atoms with Gasteiger partial charge in [-0.25, -0.2) is 0 Å². The Morgan fingerprint density at radius 3 is 2.25 bits per heavy atom. The molecular formula is C6H12N2. The van der Waals surface area contributed by atoms with Gasteiger partial charge in [0.2, 0.25) is 0 Å². The van der Waals surface area contributed by atoms with E-state index in [1.54, 1.807) is 0 Å². The number of hydrogen-bond donors (Lipinski definition) is 2. The lowest BCUT2D eigenvalue weighted by Crippen LogP contribution is -2.49. The van der Waals surface area contributed by atoms with Crippen LogP contribution in [0.4, 0.5) is 0 Å². The zero-order valence-electron chi connectivity index (χ0n) is 4.93. The molecule has 0 fully saturated rings. The van der Waals surface area contributed by atoms with Crippen molar-refractivity contribution in [3.8, 4) is 0 Å². The van der Waals surface area contributed by atoms with Crippen molar-refractivity contribution < 1.29 is 0 Å². The van der Waals surface area contributed by atoms with Gasteiger partial charge in [0.1, 0.15) is 0 Å². The van der Waals surface area contributed by atoms with Gasteiger partial charge < -0.3 is 11.5 Å². The van der Waals surface area contributed by atoms with E-state index in [0.29, 0.717) is 0 Å². The molecule has 46 valence electrons. The molecule has 2 heteroatoms. The van der Waals surface area contributed by atoms with E-state index in [9.17, 15) is 0 Å². The van der Waals surface area contributed by atoms with Gasteiger partial charge in [-0.15, -0.1) is 0 Å². The Balaban J connectivity index is 2.50. The summed E-state index contributed by atoms with van der Waals surface area (Å²) in [6.45, 7) is 0. The molecule has 0 spiro atoms. The summed E-state index contributed by atoms with van der Waals surface area (Å²) in [6.07, 6.45) is 6.95. The Morgan fingerprint density at radius 1 is 1.25 bits per heavy atom. The molecule has 0 heterocycles. The molecule has 0 aliphatic heterocycles. The fourth-order valence-corrected chi connectivity index (χ4v) is 0.875. The minimum absolute atomic E-state index is 0.408. The van der Waals surface area contributed by atoms with Crippen LogP contribution in [0.2, 0.25) is 0 Å². The highest BCUT2D eigenvalue weighted by Gasteiger charge is 2.17. The summed E-state index contributed by atoms with van der Waals surface area (Å²) in [4.78, 5) is 0. The standard InChI is InChI=1S/C6H12N2/c7-6(8)4-2-1-3-5-6/h1-2H,3-5,7-8H2. The Kier molecular flexibility index (Phi) is 1.36. The molecular weight excluding hydrogens is 100 g/mol. The van der Waals surface area contributed by atoms with Crippen LogP contribution in [0.15, 0.2) is 12.2 Å². The van der Waals surface area contributed by atoms with Crippen molar-refractivity contribution in [1.29, 1.82) is 0 Å². The average molecular weight is 112 g/mol. The Morgan fingerprint density at radius 2 is 2.00 bits per heavy atom. The minimum Gasteiger partial charge on any atom is -0.313 e. The fourth-order valence-electron chi connectivity index (χ4n) is 0.875. The molecule has 2 nitrogen and oxygen atoms in total. The first-order chi connectivity index (χ1) is 3.71. The predicted octanol–water partition coefficient (Wildman–Crippen LogP) is 0.340. The summed E-state index contributed by atoms with van der Waals surface area (Å²) >= 11 is 0. The number of nitrogens with two attached hydrogens (primary N) is 2. The van der Waals surface area contributed by atoms with E-state index in [4.69, 9.17) is 11.5 Å². The van der Waals surface area contributed by atoms with Crippen LogP contribution >= 0.6 is 0 Å². The Labute approximate surface area is 49.5 Å². The summed E-state index contributed by atoms with van der Waals surface area (Å²) in [5, 5.41) is 0. The maximum absolute atomic E-state index is 5.60. The molecule has 0 saturated heterocycles. The van der Waals surface area contributed by atoms with Crippen molar-refractivity contribution in [3.63, 3.8) is 0 Å². The van der Waals surface area contributed by atoms with Crippen molar-refractivity contribution in [2.45, 2.75) is 24.9 Å². The molecule has 0 atom stereocenters. The average Bonchev–Trinajstić information content (AvgIpc) is 1.65. The number of rotatable bonds is 0. The number of hydrogen-bond acceptors (Lipinski definition) is 2. The summed E-state index contributed by atoms with van der Waals surface area (Å²) in [7, 11) is 0. The maximum Gasteiger partial charge on any atom is 0.0674 e. The third-order valence-corrected chi connectivity index (χ3v) is 1.44. The first-order valence-electron chi connectivity index (χ1n) is 2.93. The zero-order chi connectivity index (χ0) is 6.04. The molecule has 1 rings (SSSR count). The molecule has 1 aliphatic carbocycles. The van der Waals surface area contributed by atoms with E-state index in [2.05, 4.69) is 6.08 Å². The maximum atomic E-state index is 5.60. The summed E-state index contributed by atoms with van der Waals surface area (Å²) in [6, 6.07) is 0. The predicted molar refractivity (Wildman–Crippen MR) is 34.1 cm³/mol. The van der Waals surface area contributed by atoms with E-state index in [-0.39, 0.29) is 0 Å². The van der Waals surface area contributed by atoms with Gasteiger partial charge in [0.25, 0.3) is 0 Å². The van der Waals surface area contributed by atoms with E-state index in [1.807, 2.05) is 6.08 Å². The third kappa shape index (κ3) is 1.32. The van der Waals surface area contributed by atoms with Crippen molar-refractivity contribution in [1.82, 2.24) is 0 Å². The van der Waals surface area contributed by atoms with Crippen LogP contribution in [-0.2, 0) is 0 Å². The summed E-state index contributed by atoms with van der Waals surface area (Å²) in [5.41, 5.74) is 10.8. The highest BCUT2D eigenvalue weighted by molar-refractivity contribution is 4.97. The smallest absolute Gasteiger partial charge is 0.0674 e. The molecule has 4 N–H and O–H groups in total. The largest absolute Gasteiger partial charge is 0.313 e. The van der Waals surface area contributed by atoms with Crippen LogP contribution in [0.5, 0.6) is 0 Å². The fraction of sp³-hybridized carbons (Fsp3) is 0.667. The first-order valence-corrected chi connectivity index (χ1v) is 2.93. The highest BCUT2D eigenvalue weighted by atomic mass is 14.9. The van der Waals surface area contributed by atoms with Gasteiger partial charge in [0.05, 0.1) is 5.66 Å². The van der Waals surface area contributed by atoms with E-state index in [1.165, 1.54) is 0 Å². The second-order valence-electron chi connectivity index (χ2n) is 2.45. The van der Waals surface area contributed by atoms with E-state index >= 15 is 0 Å². The molecule has 0 bridgehead atoms. The van der Waals surface area contributed by atoms with Crippen LogP contribution in [0.1, 0.15) is 19.3 Å². The lowest BCUT2D eigenvalue weighted by molar-refractivity contribution is 0.403. The van der Waals surface area contributed by atoms with Gasteiger partial charge in [-0.2, -0.15) is 0 Å². The molecule has 8 heavy (non-hydrogen) atoms. The van der Waals surface area contributed by atoms with Crippen LogP contribution in [0, 0.1) is 0 Å². The summed E-state index contributed by atoms with van der Waals surface area (Å²) in [5.74, 6) is 0. The zero-order valence-corrected chi connectivity index (χ0v) is 4.93. The molecule has 1 aliphatic rings. The SMILES string of the molecule is NC1(N)CC=CCC1. The molecule has 0 amide bonds. The monoisotopic (exact) mass is 112 g/mol. The second-order valence-corrected chi connectivity index (χ2v) is 2.45. The van der Waals surface area contributed by atoms with Crippen LogP contribution < -0.4 is 11.5 Å². The quantitative estimate of drug-likeness (QED) is 0.350. The second kappa shape index (κ2) is 1.88. The molecule has 0 unspecified atom stereocenters. The highest BCUT2D eigenvalue weighted by Crippen LogP contribution is 2.13. The molecule has 0 saturated carbocycles. The topological polar surface area (TPSA) is 52.0 Å². The van der Waals surface area contributed by atoms with Crippen LogP contribution in [0.25, 0.3) is 0 Å². The summed E-state index contributed by atoms with van der Waals surface area (Å²) < 4.78 is 0. The van der Waals surface area contributed by atoms with Gasteiger partial charge in [0.15, 0.2) is 0 Å². The van der Waals surface area contributed by atoms with Crippen LogP contribution in [-0.4, -0.2) is 5.66 Å².